The standard InChI is InChI=1S/C10H13F2N/c1-8-4-6-9(7-5-8)10(11,12)13(2)3/h4-7H,1-3H3. The average molecular weight is 185 g/mol. The summed E-state index contributed by atoms with van der Waals surface area (Å²) in [5.74, 6) is 0. The molecule has 1 aromatic rings. The molecule has 0 fully saturated rings. The molecule has 0 spiro atoms. The summed E-state index contributed by atoms with van der Waals surface area (Å²) in [5, 5.41) is 0. The SMILES string of the molecule is Cc1ccc(C(F)(F)N(C)C)cc1. The first kappa shape index (κ1) is 10.1. The summed E-state index contributed by atoms with van der Waals surface area (Å²) in [7, 11) is 2.72. The van der Waals surface area contributed by atoms with Gasteiger partial charge in [0.1, 0.15) is 0 Å². The van der Waals surface area contributed by atoms with E-state index >= 15 is 0 Å². The first-order valence-electron chi connectivity index (χ1n) is 4.07. The molecule has 0 N–H and O–H groups in total. The van der Waals surface area contributed by atoms with E-state index in [1.165, 1.54) is 26.2 Å². The molecule has 0 aliphatic heterocycles. The topological polar surface area (TPSA) is 3.24 Å². The van der Waals surface area contributed by atoms with Crippen molar-refractivity contribution in [3.05, 3.63) is 35.4 Å². The van der Waals surface area contributed by atoms with Gasteiger partial charge < -0.3 is 0 Å². The molecule has 0 radical (unpaired) electrons. The van der Waals surface area contributed by atoms with Gasteiger partial charge >= 0.3 is 6.05 Å². The molecule has 0 saturated carbocycles. The zero-order valence-electron chi connectivity index (χ0n) is 8.01. The van der Waals surface area contributed by atoms with Crippen LogP contribution < -0.4 is 0 Å². The fourth-order valence-electron chi connectivity index (χ4n) is 1.01. The minimum absolute atomic E-state index is 0.0306. The highest BCUT2D eigenvalue weighted by molar-refractivity contribution is 5.24. The second kappa shape index (κ2) is 3.42. The molecule has 1 rings (SSSR count). The van der Waals surface area contributed by atoms with Crippen LogP contribution in [0, 0.1) is 6.92 Å². The Hall–Kier alpha value is -0.960. The number of hydrogen-bond donors (Lipinski definition) is 0. The van der Waals surface area contributed by atoms with Crippen molar-refractivity contribution in [2.24, 2.45) is 0 Å². The second-order valence-electron chi connectivity index (χ2n) is 3.30. The van der Waals surface area contributed by atoms with Crippen LogP contribution in [0.2, 0.25) is 0 Å². The number of aryl methyl sites for hydroxylation is 1. The van der Waals surface area contributed by atoms with E-state index in [0.29, 0.717) is 0 Å². The molecular weight excluding hydrogens is 172 g/mol. The molecule has 0 bridgehead atoms. The van der Waals surface area contributed by atoms with Crippen LogP contribution in [0.5, 0.6) is 0 Å². The van der Waals surface area contributed by atoms with Gasteiger partial charge in [-0.3, -0.25) is 0 Å². The first-order chi connectivity index (χ1) is 5.94. The highest BCUT2D eigenvalue weighted by Crippen LogP contribution is 2.29. The van der Waals surface area contributed by atoms with Gasteiger partial charge in [0, 0.05) is 5.56 Å². The molecular formula is C10H13F2N. The summed E-state index contributed by atoms with van der Waals surface area (Å²) in [6.45, 7) is 1.87. The number of benzene rings is 1. The smallest absolute Gasteiger partial charge is 0.247 e. The van der Waals surface area contributed by atoms with Crippen LogP contribution in [0.1, 0.15) is 11.1 Å². The summed E-state index contributed by atoms with van der Waals surface area (Å²) in [6, 6.07) is 3.40. The number of alkyl halides is 2. The van der Waals surface area contributed by atoms with Crippen molar-refractivity contribution in [3.63, 3.8) is 0 Å². The second-order valence-corrected chi connectivity index (χ2v) is 3.30. The summed E-state index contributed by atoms with van der Waals surface area (Å²) in [5.41, 5.74) is 1.02. The van der Waals surface area contributed by atoms with Crippen molar-refractivity contribution in [3.8, 4) is 0 Å². The van der Waals surface area contributed by atoms with Crippen LogP contribution in [-0.4, -0.2) is 19.0 Å². The van der Waals surface area contributed by atoms with E-state index in [-0.39, 0.29) is 5.56 Å². The van der Waals surface area contributed by atoms with Crippen molar-refractivity contribution < 1.29 is 8.78 Å². The minimum Gasteiger partial charge on any atom is -0.247 e. The number of nitrogens with zero attached hydrogens (tertiary/aromatic N) is 1. The van der Waals surface area contributed by atoms with Gasteiger partial charge in [-0.05, 0) is 21.0 Å². The van der Waals surface area contributed by atoms with Crippen LogP contribution in [0.25, 0.3) is 0 Å². The number of halogens is 2. The lowest BCUT2D eigenvalue weighted by Crippen LogP contribution is -2.32. The lowest BCUT2D eigenvalue weighted by Gasteiger charge is -2.23. The van der Waals surface area contributed by atoms with Crippen LogP contribution in [0.15, 0.2) is 24.3 Å². The molecule has 1 aromatic carbocycles. The highest BCUT2D eigenvalue weighted by atomic mass is 19.3. The molecule has 0 unspecified atom stereocenters. The summed E-state index contributed by atoms with van der Waals surface area (Å²) in [6.07, 6.45) is 0. The molecule has 0 aliphatic carbocycles. The lowest BCUT2D eigenvalue weighted by molar-refractivity contribution is -0.130. The van der Waals surface area contributed by atoms with E-state index < -0.39 is 6.05 Å². The van der Waals surface area contributed by atoms with Gasteiger partial charge in [-0.2, -0.15) is 8.78 Å². The Morgan fingerprint density at radius 1 is 1.08 bits per heavy atom. The Morgan fingerprint density at radius 2 is 1.54 bits per heavy atom. The average Bonchev–Trinajstić information content (AvgIpc) is 2.04. The Kier molecular flexibility index (Phi) is 2.66. The van der Waals surface area contributed by atoms with Gasteiger partial charge in [0.25, 0.3) is 0 Å². The Balaban J connectivity index is 3.01. The van der Waals surface area contributed by atoms with Crippen molar-refractivity contribution in [2.75, 3.05) is 14.1 Å². The van der Waals surface area contributed by atoms with Crippen LogP contribution in [0.3, 0.4) is 0 Å². The van der Waals surface area contributed by atoms with Gasteiger partial charge in [-0.25, -0.2) is 4.90 Å². The molecule has 0 amide bonds. The molecule has 0 saturated heterocycles. The monoisotopic (exact) mass is 185 g/mol. The third-order valence-corrected chi connectivity index (χ3v) is 1.96. The highest BCUT2D eigenvalue weighted by Gasteiger charge is 2.33. The Labute approximate surface area is 77.0 Å². The van der Waals surface area contributed by atoms with E-state index in [1.807, 2.05) is 6.92 Å². The van der Waals surface area contributed by atoms with Crippen LogP contribution in [0.4, 0.5) is 8.78 Å². The maximum absolute atomic E-state index is 13.3. The van der Waals surface area contributed by atoms with Gasteiger partial charge in [-0.1, -0.05) is 29.8 Å². The van der Waals surface area contributed by atoms with Crippen LogP contribution >= 0.6 is 0 Å². The van der Waals surface area contributed by atoms with E-state index in [1.54, 1.807) is 12.1 Å². The predicted octanol–water partition coefficient (Wildman–Crippen LogP) is 2.61. The first-order valence-corrected chi connectivity index (χ1v) is 4.07. The van der Waals surface area contributed by atoms with E-state index in [2.05, 4.69) is 0 Å². The Bertz CT molecular complexity index is 277. The summed E-state index contributed by atoms with van der Waals surface area (Å²) < 4.78 is 26.7. The predicted molar refractivity (Wildman–Crippen MR) is 48.8 cm³/mol. The van der Waals surface area contributed by atoms with Gasteiger partial charge in [0.15, 0.2) is 0 Å². The van der Waals surface area contributed by atoms with Crippen molar-refractivity contribution in [1.82, 2.24) is 4.90 Å². The van der Waals surface area contributed by atoms with Gasteiger partial charge in [0.05, 0.1) is 0 Å². The normalized spacial score (nSPS) is 12.2. The van der Waals surface area contributed by atoms with Crippen molar-refractivity contribution in [2.45, 2.75) is 13.0 Å². The van der Waals surface area contributed by atoms with Crippen LogP contribution in [-0.2, 0) is 6.05 Å². The van der Waals surface area contributed by atoms with Gasteiger partial charge in [0.2, 0.25) is 0 Å². The maximum atomic E-state index is 13.3. The summed E-state index contributed by atoms with van der Waals surface area (Å²) >= 11 is 0. The van der Waals surface area contributed by atoms with E-state index in [4.69, 9.17) is 0 Å². The third-order valence-electron chi connectivity index (χ3n) is 1.96. The molecule has 0 atom stereocenters. The van der Waals surface area contributed by atoms with Crippen molar-refractivity contribution in [1.29, 1.82) is 0 Å². The fourth-order valence-corrected chi connectivity index (χ4v) is 1.01. The number of rotatable bonds is 2. The quantitative estimate of drug-likeness (QED) is 0.640. The van der Waals surface area contributed by atoms with Crippen molar-refractivity contribution >= 4 is 0 Å². The van der Waals surface area contributed by atoms with E-state index in [9.17, 15) is 8.78 Å². The third kappa shape index (κ3) is 2.04. The molecule has 0 heterocycles. The molecule has 0 aliphatic rings. The number of hydrogen-bond acceptors (Lipinski definition) is 1. The molecule has 1 nitrogen and oxygen atoms in total. The zero-order chi connectivity index (χ0) is 10.1. The lowest BCUT2D eigenvalue weighted by atomic mass is 10.1. The zero-order valence-corrected chi connectivity index (χ0v) is 8.01. The van der Waals surface area contributed by atoms with Gasteiger partial charge in [-0.15, -0.1) is 0 Å². The molecule has 13 heavy (non-hydrogen) atoms. The Morgan fingerprint density at radius 3 is 1.92 bits per heavy atom. The fraction of sp³-hybridized carbons (Fsp3) is 0.400. The largest absolute Gasteiger partial charge is 0.331 e. The summed E-state index contributed by atoms with van der Waals surface area (Å²) in [4.78, 5) is 0.900. The molecule has 0 aromatic heterocycles. The van der Waals surface area contributed by atoms with E-state index in [0.717, 1.165) is 10.5 Å². The molecule has 3 heteroatoms. The molecule has 72 valence electrons. The maximum Gasteiger partial charge on any atom is 0.331 e. The minimum atomic E-state index is -2.88.